The maximum atomic E-state index is 12.6. The van der Waals surface area contributed by atoms with E-state index in [0.717, 1.165) is 11.3 Å². The van der Waals surface area contributed by atoms with Crippen LogP contribution in [0.1, 0.15) is 5.56 Å². The molecule has 3 aromatic rings. The molecule has 0 saturated carbocycles. The van der Waals surface area contributed by atoms with Crippen LogP contribution in [-0.4, -0.2) is 18.0 Å². The van der Waals surface area contributed by atoms with E-state index >= 15 is 0 Å². The van der Waals surface area contributed by atoms with E-state index in [1.165, 1.54) is 10.9 Å². The van der Waals surface area contributed by atoms with Crippen LogP contribution in [0.15, 0.2) is 59.9 Å². The van der Waals surface area contributed by atoms with E-state index in [1.54, 1.807) is 25.2 Å². The highest BCUT2D eigenvalue weighted by Crippen LogP contribution is 2.28. The summed E-state index contributed by atoms with van der Waals surface area (Å²) in [5.74, 6) is 0. The summed E-state index contributed by atoms with van der Waals surface area (Å²) >= 11 is 6.01. The first kappa shape index (κ1) is 17.3. The molecule has 1 aromatic heterocycles. The average Bonchev–Trinajstić information content (AvgIpc) is 2.91. The minimum absolute atomic E-state index is 0.0523. The standard InChI is InChI=1S/C17H17ClN4O2S/c1-12-7-9-13(10-8-12)20-14-5-3-4-6-15(14)21-25(23,24)17-16(18)22(2)11-19-17/h3-11,20-21H,1-2H3. The molecule has 1 heterocycles. The minimum atomic E-state index is -3.90. The van der Waals surface area contributed by atoms with Gasteiger partial charge in [-0.3, -0.25) is 4.72 Å². The zero-order valence-electron chi connectivity index (χ0n) is 13.7. The molecule has 6 nitrogen and oxygen atoms in total. The zero-order chi connectivity index (χ0) is 18.0. The summed E-state index contributed by atoms with van der Waals surface area (Å²) in [4.78, 5) is 3.87. The van der Waals surface area contributed by atoms with E-state index in [1.807, 2.05) is 37.3 Å². The number of hydrogen-bond donors (Lipinski definition) is 2. The maximum absolute atomic E-state index is 12.6. The van der Waals surface area contributed by atoms with E-state index < -0.39 is 10.0 Å². The molecule has 0 fully saturated rings. The van der Waals surface area contributed by atoms with Gasteiger partial charge in [0.25, 0.3) is 10.0 Å². The van der Waals surface area contributed by atoms with Crippen molar-refractivity contribution in [1.29, 1.82) is 0 Å². The van der Waals surface area contributed by atoms with Gasteiger partial charge >= 0.3 is 0 Å². The van der Waals surface area contributed by atoms with Crippen LogP contribution >= 0.6 is 11.6 Å². The predicted octanol–water partition coefficient (Wildman–Crippen LogP) is 3.93. The second-order valence-corrected chi connectivity index (χ2v) is 7.55. The molecule has 0 radical (unpaired) electrons. The second-order valence-electron chi connectivity index (χ2n) is 5.59. The van der Waals surface area contributed by atoms with Crippen LogP contribution in [0.3, 0.4) is 0 Å². The summed E-state index contributed by atoms with van der Waals surface area (Å²) in [6, 6.07) is 14.8. The Hall–Kier alpha value is -2.51. The van der Waals surface area contributed by atoms with Gasteiger partial charge in [-0.05, 0) is 31.2 Å². The van der Waals surface area contributed by atoms with Crippen LogP contribution in [-0.2, 0) is 17.1 Å². The number of aryl methyl sites for hydroxylation is 2. The molecular formula is C17H17ClN4O2S. The van der Waals surface area contributed by atoms with Crippen molar-refractivity contribution in [3.05, 3.63) is 65.6 Å². The van der Waals surface area contributed by atoms with Gasteiger partial charge in [0.15, 0.2) is 0 Å². The summed E-state index contributed by atoms with van der Waals surface area (Å²) < 4.78 is 29.1. The highest BCUT2D eigenvalue weighted by atomic mass is 35.5. The van der Waals surface area contributed by atoms with Gasteiger partial charge in [0.2, 0.25) is 5.03 Å². The summed E-state index contributed by atoms with van der Waals surface area (Å²) in [5.41, 5.74) is 3.03. The predicted molar refractivity (Wildman–Crippen MR) is 99.9 cm³/mol. The van der Waals surface area contributed by atoms with Crippen LogP contribution in [0.4, 0.5) is 17.1 Å². The molecule has 0 aliphatic rings. The van der Waals surface area contributed by atoms with Crippen LogP contribution in [0, 0.1) is 6.92 Å². The molecule has 2 aromatic carbocycles. The average molecular weight is 377 g/mol. The van der Waals surface area contributed by atoms with Crippen LogP contribution in [0.25, 0.3) is 0 Å². The number of rotatable bonds is 5. The van der Waals surface area contributed by atoms with Crippen molar-refractivity contribution in [3.8, 4) is 0 Å². The lowest BCUT2D eigenvalue weighted by Gasteiger charge is -2.14. The number of halogens is 1. The third kappa shape index (κ3) is 3.78. The van der Waals surface area contributed by atoms with Crippen molar-refractivity contribution in [2.75, 3.05) is 10.0 Å². The van der Waals surface area contributed by atoms with Gasteiger partial charge in [-0.25, -0.2) is 4.98 Å². The normalized spacial score (nSPS) is 11.3. The number of aromatic nitrogens is 2. The van der Waals surface area contributed by atoms with Crippen molar-refractivity contribution >= 4 is 38.7 Å². The largest absolute Gasteiger partial charge is 0.354 e. The first-order chi connectivity index (χ1) is 11.9. The summed E-state index contributed by atoms with van der Waals surface area (Å²) in [6.45, 7) is 2.00. The molecule has 130 valence electrons. The fraction of sp³-hybridized carbons (Fsp3) is 0.118. The molecular weight excluding hydrogens is 360 g/mol. The van der Waals surface area contributed by atoms with Crippen LogP contribution in [0.5, 0.6) is 0 Å². The number of hydrogen-bond acceptors (Lipinski definition) is 4. The van der Waals surface area contributed by atoms with Crippen molar-refractivity contribution < 1.29 is 8.42 Å². The number of para-hydroxylation sites is 2. The summed E-state index contributed by atoms with van der Waals surface area (Å²) in [7, 11) is -2.27. The van der Waals surface area contributed by atoms with E-state index in [2.05, 4.69) is 15.0 Å². The first-order valence-corrected chi connectivity index (χ1v) is 9.35. The zero-order valence-corrected chi connectivity index (χ0v) is 15.3. The highest BCUT2D eigenvalue weighted by molar-refractivity contribution is 7.92. The fourth-order valence-corrected chi connectivity index (χ4v) is 3.75. The number of sulfonamides is 1. The molecule has 8 heteroatoms. The number of benzene rings is 2. The molecule has 0 saturated heterocycles. The Labute approximate surface area is 151 Å². The number of anilines is 3. The Kier molecular flexibility index (Phi) is 4.69. The molecule has 0 atom stereocenters. The smallest absolute Gasteiger partial charge is 0.282 e. The van der Waals surface area contributed by atoms with E-state index in [-0.39, 0.29) is 10.2 Å². The monoisotopic (exact) mass is 376 g/mol. The molecule has 0 unspecified atom stereocenters. The quantitative estimate of drug-likeness (QED) is 0.707. The van der Waals surface area contributed by atoms with Crippen molar-refractivity contribution in [2.45, 2.75) is 11.9 Å². The van der Waals surface area contributed by atoms with Gasteiger partial charge in [0.05, 0.1) is 17.7 Å². The maximum Gasteiger partial charge on any atom is 0.282 e. The summed E-state index contributed by atoms with van der Waals surface area (Å²) in [5, 5.41) is 3.05. The Morgan fingerprint density at radius 3 is 2.28 bits per heavy atom. The first-order valence-electron chi connectivity index (χ1n) is 7.49. The lowest BCUT2D eigenvalue weighted by atomic mass is 10.2. The Balaban J connectivity index is 1.90. The Morgan fingerprint density at radius 1 is 1.04 bits per heavy atom. The molecule has 0 spiro atoms. The Morgan fingerprint density at radius 2 is 1.68 bits per heavy atom. The van der Waals surface area contributed by atoms with Gasteiger partial charge in [0, 0.05) is 12.7 Å². The topological polar surface area (TPSA) is 76.0 Å². The second kappa shape index (κ2) is 6.78. The molecule has 3 rings (SSSR count). The van der Waals surface area contributed by atoms with Gasteiger partial charge in [-0.2, -0.15) is 8.42 Å². The number of imidazole rings is 1. The summed E-state index contributed by atoms with van der Waals surface area (Å²) in [6.07, 6.45) is 1.35. The molecule has 0 aliphatic carbocycles. The van der Waals surface area contributed by atoms with Gasteiger partial charge in [-0.15, -0.1) is 0 Å². The van der Waals surface area contributed by atoms with E-state index in [4.69, 9.17) is 11.6 Å². The fourth-order valence-electron chi connectivity index (χ4n) is 2.24. The minimum Gasteiger partial charge on any atom is -0.354 e. The van der Waals surface area contributed by atoms with Crippen molar-refractivity contribution in [3.63, 3.8) is 0 Å². The van der Waals surface area contributed by atoms with Gasteiger partial charge in [0.1, 0.15) is 5.15 Å². The van der Waals surface area contributed by atoms with Gasteiger partial charge in [-0.1, -0.05) is 41.4 Å². The van der Waals surface area contributed by atoms with E-state index in [0.29, 0.717) is 11.4 Å². The molecule has 2 N–H and O–H groups in total. The van der Waals surface area contributed by atoms with Crippen molar-refractivity contribution in [2.24, 2.45) is 7.05 Å². The molecule has 0 amide bonds. The van der Waals surface area contributed by atoms with Crippen LogP contribution < -0.4 is 10.0 Å². The molecule has 0 bridgehead atoms. The highest BCUT2D eigenvalue weighted by Gasteiger charge is 2.23. The SMILES string of the molecule is Cc1ccc(Nc2ccccc2NS(=O)(=O)c2ncn(C)c2Cl)cc1. The number of nitrogens with zero attached hydrogens (tertiary/aromatic N) is 2. The lowest BCUT2D eigenvalue weighted by Crippen LogP contribution is -2.15. The molecule has 25 heavy (non-hydrogen) atoms. The van der Waals surface area contributed by atoms with Crippen molar-refractivity contribution in [1.82, 2.24) is 9.55 Å². The van der Waals surface area contributed by atoms with Gasteiger partial charge < -0.3 is 9.88 Å². The van der Waals surface area contributed by atoms with Crippen LogP contribution in [0.2, 0.25) is 5.15 Å². The molecule has 0 aliphatic heterocycles. The lowest BCUT2D eigenvalue weighted by molar-refractivity contribution is 0.598. The number of nitrogens with one attached hydrogen (secondary N) is 2. The Bertz CT molecular complexity index is 998. The third-order valence-electron chi connectivity index (χ3n) is 3.59. The third-order valence-corrected chi connectivity index (χ3v) is 5.45. The van der Waals surface area contributed by atoms with E-state index in [9.17, 15) is 8.42 Å².